The largest absolute Gasteiger partial charge is 0.490 e. The third kappa shape index (κ3) is 3.59. The van der Waals surface area contributed by atoms with Crippen molar-refractivity contribution in [3.63, 3.8) is 0 Å². The number of benzene rings is 1. The maximum absolute atomic E-state index is 13.9. The molecule has 1 heterocycles. The predicted molar refractivity (Wildman–Crippen MR) is 81.8 cm³/mol. The first-order valence-corrected chi connectivity index (χ1v) is 6.81. The van der Waals surface area contributed by atoms with Crippen molar-refractivity contribution in [1.29, 1.82) is 0 Å². The minimum absolute atomic E-state index is 0.335. The van der Waals surface area contributed by atoms with Crippen molar-refractivity contribution in [1.82, 2.24) is 9.97 Å². The summed E-state index contributed by atoms with van der Waals surface area (Å²) in [6.07, 6.45) is 2.37. The second-order valence-corrected chi connectivity index (χ2v) is 4.64. The average Bonchev–Trinajstić information content (AvgIpc) is 2.48. The summed E-state index contributed by atoms with van der Waals surface area (Å²) >= 11 is 0. The van der Waals surface area contributed by atoms with Gasteiger partial charge in [-0.2, -0.15) is 0 Å². The monoisotopic (exact) mass is 290 g/mol. The summed E-state index contributed by atoms with van der Waals surface area (Å²) < 4.78 is 19.2. The molecule has 0 aliphatic carbocycles. The first kappa shape index (κ1) is 15.0. The lowest BCUT2D eigenvalue weighted by Gasteiger charge is -2.14. The van der Waals surface area contributed by atoms with Crippen molar-refractivity contribution in [2.24, 2.45) is 0 Å². The molecule has 21 heavy (non-hydrogen) atoms. The van der Waals surface area contributed by atoms with Crippen molar-refractivity contribution in [3.05, 3.63) is 35.9 Å². The molecule has 5 nitrogen and oxygen atoms in total. The number of ether oxygens (including phenoxy) is 1. The second-order valence-electron chi connectivity index (χ2n) is 4.64. The molecule has 1 aromatic heterocycles. The second kappa shape index (κ2) is 6.88. The van der Waals surface area contributed by atoms with Gasteiger partial charge in [0.1, 0.15) is 12.1 Å². The highest BCUT2D eigenvalue weighted by atomic mass is 19.1. The maximum atomic E-state index is 13.9. The van der Waals surface area contributed by atoms with Crippen LogP contribution in [0.4, 0.5) is 21.7 Å². The van der Waals surface area contributed by atoms with Gasteiger partial charge in [-0.15, -0.1) is 0 Å². The first-order chi connectivity index (χ1) is 10.2. The molecule has 0 spiro atoms. The van der Waals surface area contributed by atoms with E-state index >= 15 is 0 Å². The van der Waals surface area contributed by atoms with E-state index in [1.165, 1.54) is 19.5 Å². The van der Waals surface area contributed by atoms with Gasteiger partial charge < -0.3 is 15.4 Å². The number of hydrogen-bond donors (Lipinski definition) is 2. The summed E-state index contributed by atoms with van der Waals surface area (Å²) in [5.74, 6) is 1.14. The highest BCUT2D eigenvalue weighted by Crippen LogP contribution is 2.32. The molecule has 112 valence electrons. The van der Waals surface area contributed by atoms with E-state index in [1.54, 1.807) is 6.07 Å². The Balaban J connectivity index is 2.30. The van der Waals surface area contributed by atoms with Crippen molar-refractivity contribution in [2.45, 2.75) is 20.3 Å². The van der Waals surface area contributed by atoms with Crippen LogP contribution in [0.3, 0.4) is 0 Å². The van der Waals surface area contributed by atoms with Gasteiger partial charge in [0, 0.05) is 6.54 Å². The van der Waals surface area contributed by atoms with Crippen molar-refractivity contribution >= 4 is 17.3 Å². The number of anilines is 3. The SMILES string of the molecule is CCCNc1ncnc(Nc2ccc(C)cc2F)c1OC. The number of rotatable bonds is 6. The molecule has 0 bridgehead atoms. The zero-order valence-electron chi connectivity index (χ0n) is 12.4. The molecule has 1 aromatic carbocycles. The Bertz CT molecular complexity index is 619. The van der Waals surface area contributed by atoms with Crippen LogP contribution in [-0.4, -0.2) is 23.6 Å². The van der Waals surface area contributed by atoms with Gasteiger partial charge in [-0.25, -0.2) is 14.4 Å². The van der Waals surface area contributed by atoms with Crippen LogP contribution in [0.2, 0.25) is 0 Å². The van der Waals surface area contributed by atoms with E-state index in [4.69, 9.17) is 4.74 Å². The van der Waals surface area contributed by atoms with Gasteiger partial charge in [0.2, 0.25) is 5.75 Å². The van der Waals surface area contributed by atoms with Crippen LogP contribution in [0.25, 0.3) is 0 Å². The van der Waals surface area contributed by atoms with E-state index in [9.17, 15) is 4.39 Å². The number of nitrogens with zero attached hydrogens (tertiary/aromatic N) is 2. The Morgan fingerprint density at radius 1 is 1.24 bits per heavy atom. The van der Waals surface area contributed by atoms with Crippen LogP contribution in [-0.2, 0) is 0 Å². The highest BCUT2D eigenvalue weighted by Gasteiger charge is 2.13. The number of aryl methyl sites for hydroxylation is 1. The molecule has 0 unspecified atom stereocenters. The molecule has 6 heteroatoms. The molecule has 0 aliphatic rings. The third-order valence-electron chi connectivity index (χ3n) is 2.93. The zero-order valence-corrected chi connectivity index (χ0v) is 12.4. The third-order valence-corrected chi connectivity index (χ3v) is 2.93. The van der Waals surface area contributed by atoms with Crippen LogP contribution in [0, 0.1) is 12.7 Å². The van der Waals surface area contributed by atoms with Gasteiger partial charge in [-0.05, 0) is 31.0 Å². The van der Waals surface area contributed by atoms with Gasteiger partial charge in [0.25, 0.3) is 0 Å². The predicted octanol–water partition coefficient (Wildman–Crippen LogP) is 3.50. The van der Waals surface area contributed by atoms with Gasteiger partial charge in [-0.3, -0.25) is 0 Å². The lowest BCUT2D eigenvalue weighted by atomic mass is 10.2. The molecular weight excluding hydrogens is 271 g/mol. The molecular formula is C15H19FN4O. The molecule has 2 rings (SSSR count). The van der Waals surface area contributed by atoms with E-state index in [0.717, 1.165) is 18.5 Å². The van der Waals surface area contributed by atoms with E-state index < -0.39 is 0 Å². The number of nitrogens with one attached hydrogen (secondary N) is 2. The van der Waals surface area contributed by atoms with E-state index in [0.29, 0.717) is 23.1 Å². The molecule has 0 amide bonds. The van der Waals surface area contributed by atoms with E-state index in [-0.39, 0.29) is 5.82 Å². The number of halogens is 1. The first-order valence-electron chi connectivity index (χ1n) is 6.81. The van der Waals surface area contributed by atoms with Crippen LogP contribution in [0.15, 0.2) is 24.5 Å². The Hall–Kier alpha value is -2.37. The number of methoxy groups -OCH3 is 1. The summed E-state index contributed by atoms with van der Waals surface area (Å²) in [5.41, 5.74) is 1.21. The maximum Gasteiger partial charge on any atom is 0.204 e. The van der Waals surface area contributed by atoms with Gasteiger partial charge in [-0.1, -0.05) is 13.0 Å². The highest BCUT2D eigenvalue weighted by molar-refractivity contribution is 5.69. The normalized spacial score (nSPS) is 10.3. The quantitative estimate of drug-likeness (QED) is 0.852. The zero-order chi connectivity index (χ0) is 15.2. The Morgan fingerprint density at radius 2 is 2.00 bits per heavy atom. The lowest BCUT2D eigenvalue weighted by molar-refractivity contribution is 0.415. The summed E-state index contributed by atoms with van der Waals surface area (Å²) in [4.78, 5) is 8.27. The summed E-state index contributed by atoms with van der Waals surface area (Å²) in [7, 11) is 1.53. The number of aromatic nitrogens is 2. The fourth-order valence-electron chi connectivity index (χ4n) is 1.87. The van der Waals surface area contributed by atoms with Gasteiger partial charge in [0.15, 0.2) is 11.6 Å². The molecule has 2 aromatic rings. The van der Waals surface area contributed by atoms with Gasteiger partial charge in [0.05, 0.1) is 12.8 Å². The smallest absolute Gasteiger partial charge is 0.204 e. The van der Waals surface area contributed by atoms with Crippen molar-refractivity contribution < 1.29 is 9.13 Å². The van der Waals surface area contributed by atoms with Crippen LogP contribution >= 0.6 is 0 Å². The Labute approximate surface area is 123 Å². The fourth-order valence-corrected chi connectivity index (χ4v) is 1.87. The molecule has 0 atom stereocenters. The van der Waals surface area contributed by atoms with Crippen LogP contribution in [0.1, 0.15) is 18.9 Å². The fraction of sp³-hybridized carbons (Fsp3) is 0.333. The summed E-state index contributed by atoms with van der Waals surface area (Å²) in [6, 6.07) is 4.97. The van der Waals surface area contributed by atoms with Crippen molar-refractivity contribution in [2.75, 3.05) is 24.3 Å². The van der Waals surface area contributed by atoms with Gasteiger partial charge >= 0.3 is 0 Å². The number of hydrogen-bond acceptors (Lipinski definition) is 5. The lowest BCUT2D eigenvalue weighted by Crippen LogP contribution is -2.07. The van der Waals surface area contributed by atoms with Crippen LogP contribution in [0.5, 0.6) is 5.75 Å². The topological polar surface area (TPSA) is 59.1 Å². The minimum Gasteiger partial charge on any atom is -0.490 e. The van der Waals surface area contributed by atoms with E-state index in [1.807, 2.05) is 13.0 Å². The van der Waals surface area contributed by atoms with Crippen LogP contribution < -0.4 is 15.4 Å². The molecule has 0 saturated carbocycles. The summed E-state index contributed by atoms with van der Waals surface area (Å²) in [5, 5.41) is 6.10. The molecule has 0 radical (unpaired) electrons. The standard InChI is InChI=1S/C15H19FN4O/c1-4-7-17-14-13(21-3)15(19-9-18-14)20-12-6-5-10(2)8-11(12)16/h5-6,8-9H,4,7H2,1-3H3,(H2,17,18,19,20). The molecule has 0 saturated heterocycles. The molecule has 0 fully saturated rings. The minimum atomic E-state index is -0.335. The summed E-state index contributed by atoms with van der Waals surface area (Å²) in [6.45, 7) is 4.66. The van der Waals surface area contributed by atoms with E-state index in [2.05, 4.69) is 27.5 Å². The molecule has 0 aliphatic heterocycles. The Kier molecular flexibility index (Phi) is 4.92. The molecule has 2 N–H and O–H groups in total. The Morgan fingerprint density at radius 3 is 2.67 bits per heavy atom. The van der Waals surface area contributed by atoms with Crippen molar-refractivity contribution in [3.8, 4) is 5.75 Å². The average molecular weight is 290 g/mol.